The number of esters is 1. The van der Waals surface area contributed by atoms with Gasteiger partial charge in [-0.1, -0.05) is 22.0 Å². The summed E-state index contributed by atoms with van der Waals surface area (Å²) in [5.74, 6) is 0.341. The molecule has 6 heteroatoms. The number of carbonyl (C=O) groups is 2. The van der Waals surface area contributed by atoms with Gasteiger partial charge in [0.25, 0.3) is 0 Å². The minimum atomic E-state index is -0.508. The average molecular weight is 356 g/mol. The Morgan fingerprint density at radius 1 is 1.43 bits per heavy atom. The van der Waals surface area contributed by atoms with Crippen molar-refractivity contribution >= 4 is 27.8 Å². The molecule has 5 nitrogen and oxygen atoms in total. The van der Waals surface area contributed by atoms with E-state index < -0.39 is 6.04 Å². The largest absolute Gasteiger partial charge is 0.497 e. The number of nitrogens with zero attached hydrogens (tertiary/aromatic N) is 1. The fourth-order valence-electron chi connectivity index (χ4n) is 2.68. The molecule has 0 aliphatic carbocycles. The van der Waals surface area contributed by atoms with E-state index in [1.54, 1.807) is 12.0 Å². The smallest absolute Gasteiger partial charge is 0.328 e. The highest BCUT2D eigenvalue weighted by Crippen LogP contribution is 2.35. The van der Waals surface area contributed by atoms with E-state index in [1.165, 1.54) is 7.11 Å². The zero-order valence-electron chi connectivity index (χ0n) is 12.3. The van der Waals surface area contributed by atoms with Gasteiger partial charge < -0.3 is 14.4 Å². The van der Waals surface area contributed by atoms with Crippen LogP contribution in [0.3, 0.4) is 0 Å². The molecule has 2 rings (SSSR count). The molecule has 1 aliphatic rings. The van der Waals surface area contributed by atoms with Gasteiger partial charge in [-0.2, -0.15) is 0 Å². The average Bonchev–Trinajstić information content (AvgIpc) is 2.87. The van der Waals surface area contributed by atoms with Crippen LogP contribution in [0.1, 0.15) is 31.4 Å². The van der Waals surface area contributed by atoms with Crippen molar-refractivity contribution in [2.75, 3.05) is 14.2 Å². The van der Waals surface area contributed by atoms with Gasteiger partial charge in [0, 0.05) is 10.9 Å². The van der Waals surface area contributed by atoms with Crippen molar-refractivity contribution in [1.82, 2.24) is 4.90 Å². The van der Waals surface area contributed by atoms with Crippen LogP contribution >= 0.6 is 15.9 Å². The highest BCUT2D eigenvalue weighted by molar-refractivity contribution is 9.10. The van der Waals surface area contributed by atoms with Crippen LogP contribution in [0.15, 0.2) is 22.7 Å². The Morgan fingerprint density at radius 3 is 2.71 bits per heavy atom. The van der Waals surface area contributed by atoms with E-state index in [2.05, 4.69) is 15.9 Å². The molecule has 21 heavy (non-hydrogen) atoms. The van der Waals surface area contributed by atoms with Crippen LogP contribution < -0.4 is 4.74 Å². The van der Waals surface area contributed by atoms with Crippen LogP contribution in [0.4, 0.5) is 0 Å². The predicted octanol–water partition coefficient (Wildman–Crippen LogP) is 2.68. The van der Waals surface area contributed by atoms with Gasteiger partial charge in [0.15, 0.2) is 0 Å². The van der Waals surface area contributed by atoms with Gasteiger partial charge in [-0.05, 0) is 31.0 Å². The van der Waals surface area contributed by atoms with Gasteiger partial charge >= 0.3 is 5.97 Å². The molecule has 2 unspecified atom stereocenters. The number of carbonyl (C=O) groups excluding carboxylic acids is 2. The second-order valence-corrected chi connectivity index (χ2v) is 5.80. The SMILES string of the molecule is COC(=O)C1CCC(=O)N1C(C)c1ccc(OC)cc1Br. The second-order valence-electron chi connectivity index (χ2n) is 4.94. The van der Waals surface area contributed by atoms with Crippen LogP contribution in [0.5, 0.6) is 5.75 Å². The van der Waals surface area contributed by atoms with Gasteiger partial charge in [0.2, 0.25) is 5.91 Å². The lowest BCUT2D eigenvalue weighted by Crippen LogP contribution is -2.41. The van der Waals surface area contributed by atoms with Gasteiger partial charge in [0.1, 0.15) is 11.8 Å². The third kappa shape index (κ3) is 3.05. The summed E-state index contributed by atoms with van der Waals surface area (Å²) >= 11 is 3.50. The van der Waals surface area contributed by atoms with E-state index in [-0.39, 0.29) is 17.9 Å². The molecule has 0 bridgehead atoms. The molecule has 114 valence electrons. The number of methoxy groups -OCH3 is 2. The normalized spacial score (nSPS) is 19.5. The van der Waals surface area contributed by atoms with E-state index in [1.807, 2.05) is 25.1 Å². The van der Waals surface area contributed by atoms with Gasteiger partial charge in [-0.3, -0.25) is 4.79 Å². The lowest BCUT2D eigenvalue weighted by Gasteiger charge is -2.30. The maximum absolute atomic E-state index is 12.1. The van der Waals surface area contributed by atoms with Crippen molar-refractivity contribution in [2.24, 2.45) is 0 Å². The molecule has 1 amide bonds. The summed E-state index contributed by atoms with van der Waals surface area (Å²) < 4.78 is 10.8. The predicted molar refractivity (Wildman–Crippen MR) is 81.0 cm³/mol. The van der Waals surface area contributed by atoms with E-state index in [9.17, 15) is 9.59 Å². The molecular weight excluding hydrogens is 338 g/mol. The fraction of sp³-hybridized carbons (Fsp3) is 0.467. The highest BCUT2D eigenvalue weighted by atomic mass is 79.9. The minimum absolute atomic E-state index is 0.0272. The molecule has 1 aliphatic heterocycles. The molecule has 2 atom stereocenters. The Kier molecular flexibility index (Phi) is 4.88. The second kappa shape index (κ2) is 6.47. The number of benzene rings is 1. The summed E-state index contributed by atoms with van der Waals surface area (Å²) in [4.78, 5) is 25.6. The van der Waals surface area contributed by atoms with Crippen molar-refractivity contribution in [3.8, 4) is 5.75 Å². The van der Waals surface area contributed by atoms with Crippen molar-refractivity contribution in [1.29, 1.82) is 0 Å². The summed E-state index contributed by atoms with van der Waals surface area (Å²) in [6.45, 7) is 1.91. The van der Waals surface area contributed by atoms with Crippen molar-refractivity contribution < 1.29 is 19.1 Å². The maximum Gasteiger partial charge on any atom is 0.328 e. The topological polar surface area (TPSA) is 55.8 Å². The van der Waals surface area contributed by atoms with Gasteiger partial charge in [0.05, 0.1) is 20.3 Å². The zero-order valence-corrected chi connectivity index (χ0v) is 13.8. The number of ether oxygens (including phenoxy) is 2. The summed E-state index contributed by atoms with van der Waals surface area (Å²) in [5, 5.41) is 0. The number of amides is 1. The summed E-state index contributed by atoms with van der Waals surface area (Å²) in [6.07, 6.45) is 0.876. The molecule has 1 aromatic rings. The van der Waals surface area contributed by atoms with Crippen molar-refractivity contribution in [2.45, 2.75) is 31.8 Å². The summed E-state index contributed by atoms with van der Waals surface area (Å²) in [6, 6.07) is 4.85. The molecule has 1 fully saturated rings. The van der Waals surface area contributed by atoms with Crippen LogP contribution in [-0.4, -0.2) is 37.0 Å². The van der Waals surface area contributed by atoms with Crippen LogP contribution in [0.25, 0.3) is 0 Å². The molecular formula is C15H18BrNO4. The third-order valence-electron chi connectivity index (χ3n) is 3.80. The van der Waals surface area contributed by atoms with Crippen LogP contribution in [0, 0.1) is 0 Å². The first-order chi connectivity index (χ1) is 9.99. The summed E-state index contributed by atoms with van der Waals surface area (Å²) in [7, 11) is 2.94. The molecule has 0 spiro atoms. The molecule has 0 N–H and O–H groups in total. The Bertz CT molecular complexity index is 561. The van der Waals surface area contributed by atoms with E-state index >= 15 is 0 Å². The molecule has 1 aromatic carbocycles. The number of rotatable bonds is 4. The molecule has 0 saturated carbocycles. The Balaban J connectivity index is 2.31. The minimum Gasteiger partial charge on any atom is -0.497 e. The Labute approximate surface area is 132 Å². The monoisotopic (exact) mass is 355 g/mol. The number of hydrogen-bond acceptors (Lipinski definition) is 4. The lowest BCUT2D eigenvalue weighted by atomic mass is 10.1. The third-order valence-corrected chi connectivity index (χ3v) is 4.49. The van der Waals surface area contributed by atoms with Gasteiger partial charge in [-0.15, -0.1) is 0 Å². The first kappa shape index (κ1) is 15.8. The molecule has 1 heterocycles. The van der Waals surface area contributed by atoms with E-state index in [0.29, 0.717) is 12.8 Å². The quantitative estimate of drug-likeness (QED) is 0.779. The molecule has 0 radical (unpaired) electrons. The van der Waals surface area contributed by atoms with E-state index in [0.717, 1.165) is 15.8 Å². The lowest BCUT2D eigenvalue weighted by molar-refractivity contribution is -0.150. The standard InChI is InChI=1S/C15H18BrNO4/c1-9(11-5-4-10(20-2)8-12(11)16)17-13(15(19)21-3)6-7-14(17)18/h4-5,8-9,13H,6-7H2,1-3H3. The van der Waals surface area contributed by atoms with Gasteiger partial charge in [-0.25, -0.2) is 4.79 Å². The fourth-order valence-corrected chi connectivity index (χ4v) is 3.37. The Morgan fingerprint density at radius 2 is 2.14 bits per heavy atom. The summed E-state index contributed by atoms with van der Waals surface area (Å²) in [5.41, 5.74) is 0.931. The van der Waals surface area contributed by atoms with Crippen molar-refractivity contribution in [3.05, 3.63) is 28.2 Å². The van der Waals surface area contributed by atoms with E-state index in [4.69, 9.17) is 9.47 Å². The first-order valence-electron chi connectivity index (χ1n) is 6.72. The highest BCUT2D eigenvalue weighted by Gasteiger charge is 2.40. The maximum atomic E-state index is 12.1. The first-order valence-corrected chi connectivity index (χ1v) is 7.51. The van der Waals surface area contributed by atoms with Crippen LogP contribution in [0.2, 0.25) is 0 Å². The number of likely N-dealkylation sites (tertiary alicyclic amines) is 1. The van der Waals surface area contributed by atoms with Crippen LogP contribution in [-0.2, 0) is 14.3 Å². The number of hydrogen-bond donors (Lipinski definition) is 0. The molecule has 0 aromatic heterocycles. The van der Waals surface area contributed by atoms with Crippen molar-refractivity contribution in [3.63, 3.8) is 0 Å². The molecule has 1 saturated heterocycles. The zero-order chi connectivity index (χ0) is 15.6. The number of halogens is 1. The Hall–Kier alpha value is -1.56.